The number of nitrogens with one attached hydrogen (secondary N) is 1. The van der Waals surface area contributed by atoms with Crippen LogP contribution in [-0.4, -0.2) is 15.0 Å². The van der Waals surface area contributed by atoms with Crippen LogP contribution in [0.15, 0.2) is 42.5 Å². The Bertz CT molecular complexity index is 752. The Morgan fingerprint density at radius 1 is 1.14 bits per heavy atom. The molecular formula is C16H17NO3S. The van der Waals surface area contributed by atoms with Gasteiger partial charge in [0.15, 0.2) is 0 Å². The second-order valence-electron chi connectivity index (χ2n) is 5.24. The van der Waals surface area contributed by atoms with Gasteiger partial charge in [-0.2, -0.15) is 0 Å². The first-order chi connectivity index (χ1) is 10.0. The molecule has 0 bridgehead atoms. The minimum atomic E-state index is -3.45. The fraction of sp³-hybridized carbons (Fsp3) is 0.250. The molecule has 3 rings (SSSR count). The van der Waals surface area contributed by atoms with E-state index in [1.165, 1.54) is 0 Å². The molecule has 0 spiro atoms. The summed E-state index contributed by atoms with van der Waals surface area (Å²) < 4.78 is 32.7. The molecule has 0 aliphatic carbocycles. The summed E-state index contributed by atoms with van der Waals surface area (Å²) in [6.45, 7) is 2.58. The van der Waals surface area contributed by atoms with Crippen molar-refractivity contribution in [2.75, 3.05) is 11.3 Å². The van der Waals surface area contributed by atoms with Gasteiger partial charge in [-0.25, -0.2) is 8.42 Å². The Morgan fingerprint density at radius 2 is 1.90 bits per heavy atom. The van der Waals surface area contributed by atoms with Gasteiger partial charge in [-0.05, 0) is 24.1 Å². The van der Waals surface area contributed by atoms with Crippen LogP contribution in [-0.2, 0) is 22.2 Å². The third-order valence-electron chi connectivity index (χ3n) is 3.46. The molecule has 5 heteroatoms. The Kier molecular flexibility index (Phi) is 3.59. The van der Waals surface area contributed by atoms with E-state index in [1.54, 1.807) is 6.07 Å². The molecule has 1 N–H and O–H groups in total. The standard InChI is InChI=1S/C16H17NO3S/c1-12-5-7-13(8-6-12)11-21(18,19)17-15-4-2-3-14-9-10-20-16(14)15/h2-8,17H,9-11H2,1H3. The van der Waals surface area contributed by atoms with Crippen molar-refractivity contribution in [1.82, 2.24) is 0 Å². The number of aryl methyl sites for hydroxylation is 1. The van der Waals surface area contributed by atoms with Gasteiger partial charge < -0.3 is 4.74 Å². The summed E-state index contributed by atoms with van der Waals surface area (Å²) in [5.41, 5.74) is 3.45. The normalized spacial score (nSPS) is 13.6. The van der Waals surface area contributed by atoms with Crippen LogP contribution < -0.4 is 9.46 Å². The Balaban J connectivity index is 1.80. The molecule has 1 heterocycles. The van der Waals surface area contributed by atoms with Gasteiger partial charge in [0.05, 0.1) is 18.0 Å². The van der Waals surface area contributed by atoms with Crippen molar-refractivity contribution in [1.29, 1.82) is 0 Å². The largest absolute Gasteiger partial charge is 0.491 e. The lowest BCUT2D eigenvalue weighted by atomic mass is 10.1. The van der Waals surface area contributed by atoms with Gasteiger partial charge in [0.25, 0.3) is 0 Å². The van der Waals surface area contributed by atoms with Crippen molar-refractivity contribution >= 4 is 15.7 Å². The molecular weight excluding hydrogens is 286 g/mol. The zero-order valence-electron chi connectivity index (χ0n) is 11.8. The number of benzene rings is 2. The Morgan fingerprint density at radius 3 is 2.67 bits per heavy atom. The quantitative estimate of drug-likeness (QED) is 0.945. The molecule has 0 atom stereocenters. The lowest BCUT2D eigenvalue weighted by molar-refractivity contribution is 0.358. The minimum absolute atomic E-state index is 0.0447. The van der Waals surface area contributed by atoms with Crippen molar-refractivity contribution < 1.29 is 13.2 Å². The van der Waals surface area contributed by atoms with E-state index in [0.717, 1.165) is 23.1 Å². The summed E-state index contributed by atoms with van der Waals surface area (Å²) in [4.78, 5) is 0. The minimum Gasteiger partial charge on any atom is -0.491 e. The predicted molar refractivity (Wildman–Crippen MR) is 83.1 cm³/mol. The maximum atomic E-state index is 12.3. The van der Waals surface area contributed by atoms with Crippen molar-refractivity contribution in [2.24, 2.45) is 0 Å². The highest BCUT2D eigenvalue weighted by Crippen LogP contribution is 2.34. The number of rotatable bonds is 4. The number of ether oxygens (including phenoxy) is 1. The number of fused-ring (bicyclic) bond motifs is 1. The van der Waals surface area contributed by atoms with Crippen LogP contribution in [0.1, 0.15) is 16.7 Å². The van der Waals surface area contributed by atoms with Crippen molar-refractivity contribution in [3.63, 3.8) is 0 Å². The zero-order chi connectivity index (χ0) is 14.9. The molecule has 1 aliphatic rings. The van der Waals surface area contributed by atoms with Gasteiger partial charge in [0.2, 0.25) is 10.0 Å². The molecule has 21 heavy (non-hydrogen) atoms. The average Bonchev–Trinajstić information content (AvgIpc) is 2.90. The first-order valence-corrected chi connectivity index (χ1v) is 8.49. The summed E-state index contributed by atoms with van der Waals surface area (Å²) in [6, 6.07) is 13.0. The first kappa shape index (κ1) is 13.9. The third-order valence-corrected chi connectivity index (χ3v) is 4.70. The molecule has 0 radical (unpaired) electrons. The van der Waals surface area contributed by atoms with Gasteiger partial charge in [-0.1, -0.05) is 42.0 Å². The van der Waals surface area contributed by atoms with Crippen LogP contribution in [0.5, 0.6) is 5.75 Å². The van der Waals surface area contributed by atoms with Crippen LogP contribution >= 0.6 is 0 Å². The van der Waals surface area contributed by atoms with Crippen molar-refractivity contribution in [2.45, 2.75) is 19.1 Å². The van der Waals surface area contributed by atoms with E-state index in [9.17, 15) is 8.42 Å². The molecule has 0 unspecified atom stereocenters. The topological polar surface area (TPSA) is 55.4 Å². The summed E-state index contributed by atoms with van der Waals surface area (Å²) in [5.74, 6) is 0.613. The molecule has 2 aromatic rings. The molecule has 0 amide bonds. The summed E-state index contributed by atoms with van der Waals surface area (Å²) in [5, 5.41) is 0. The number of hydrogen-bond acceptors (Lipinski definition) is 3. The Hall–Kier alpha value is -2.01. The maximum absolute atomic E-state index is 12.3. The fourth-order valence-corrected chi connectivity index (χ4v) is 3.60. The second kappa shape index (κ2) is 5.41. The van der Waals surface area contributed by atoms with Gasteiger partial charge in [0.1, 0.15) is 5.75 Å². The van der Waals surface area contributed by atoms with Crippen LogP contribution in [0.2, 0.25) is 0 Å². The molecule has 2 aromatic carbocycles. The summed E-state index contributed by atoms with van der Waals surface area (Å²) in [6.07, 6.45) is 0.822. The second-order valence-corrected chi connectivity index (χ2v) is 6.96. The van der Waals surface area contributed by atoms with E-state index in [1.807, 2.05) is 43.3 Å². The van der Waals surface area contributed by atoms with E-state index in [4.69, 9.17) is 4.74 Å². The van der Waals surface area contributed by atoms with Gasteiger partial charge in [-0.15, -0.1) is 0 Å². The highest BCUT2D eigenvalue weighted by Gasteiger charge is 2.20. The van der Waals surface area contributed by atoms with Gasteiger partial charge in [-0.3, -0.25) is 4.72 Å². The first-order valence-electron chi connectivity index (χ1n) is 6.84. The van der Waals surface area contributed by atoms with E-state index < -0.39 is 10.0 Å². The predicted octanol–water partition coefficient (Wildman–Crippen LogP) is 2.87. The lowest BCUT2D eigenvalue weighted by Gasteiger charge is -2.11. The van der Waals surface area contributed by atoms with Crippen molar-refractivity contribution in [3.05, 3.63) is 59.2 Å². The monoisotopic (exact) mass is 303 g/mol. The molecule has 0 aromatic heterocycles. The SMILES string of the molecule is Cc1ccc(CS(=O)(=O)Nc2cccc3c2OCC3)cc1. The van der Waals surface area contributed by atoms with E-state index >= 15 is 0 Å². The highest BCUT2D eigenvalue weighted by atomic mass is 32.2. The molecule has 0 saturated carbocycles. The fourth-order valence-electron chi connectivity index (χ4n) is 2.40. The third kappa shape index (κ3) is 3.19. The number of anilines is 1. The van der Waals surface area contributed by atoms with E-state index in [2.05, 4.69) is 4.72 Å². The van der Waals surface area contributed by atoms with Crippen LogP contribution in [0.25, 0.3) is 0 Å². The average molecular weight is 303 g/mol. The molecule has 110 valence electrons. The van der Waals surface area contributed by atoms with Gasteiger partial charge in [0, 0.05) is 6.42 Å². The van der Waals surface area contributed by atoms with E-state index in [0.29, 0.717) is 18.0 Å². The van der Waals surface area contributed by atoms with Crippen LogP contribution in [0, 0.1) is 6.92 Å². The number of sulfonamides is 1. The highest BCUT2D eigenvalue weighted by molar-refractivity contribution is 7.91. The number of para-hydroxylation sites is 1. The zero-order valence-corrected chi connectivity index (χ0v) is 12.6. The molecule has 0 saturated heterocycles. The summed E-state index contributed by atoms with van der Waals surface area (Å²) in [7, 11) is -3.45. The lowest BCUT2D eigenvalue weighted by Crippen LogP contribution is -2.15. The molecule has 0 fully saturated rings. The Labute approximate surface area is 124 Å². The van der Waals surface area contributed by atoms with Gasteiger partial charge >= 0.3 is 0 Å². The van der Waals surface area contributed by atoms with E-state index in [-0.39, 0.29) is 5.75 Å². The summed E-state index contributed by atoms with van der Waals surface area (Å²) >= 11 is 0. The van der Waals surface area contributed by atoms with Crippen LogP contribution in [0.3, 0.4) is 0 Å². The maximum Gasteiger partial charge on any atom is 0.237 e. The van der Waals surface area contributed by atoms with Crippen molar-refractivity contribution in [3.8, 4) is 5.75 Å². The van der Waals surface area contributed by atoms with Crippen LogP contribution in [0.4, 0.5) is 5.69 Å². The molecule has 1 aliphatic heterocycles. The molecule has 4 nitrogen and oxygen atoms in total. The smallest absolute Gasteiger partial charge is 0.237 e. The number of hydrogen-bond donors (Lipinski definition) is 1.